The average molecular weight is 292 g/mol. The summed E-state index contributed by atoms with van der Waals surface area (Å²) >= 11 is 5.75. The Morgan fingerprint density at radius 2 is 2.05 bits per heavy atom. The van der Waals surface area contributed by atoms with E-state index in [4.69, 9.17) is 11.6 Å². The average Bonchev–Trinajstić information content (AvgIpc) is 2.46. The smallest absolute Gasteiger partial charge is 0.130 e. The number of halogens is 2. The van der Waals surface area contributed by atoms with Crippen molar-refractivity contribution in [1.29, 1.82) is 0 Å². The highest BCUT2D eigenvalue weighted by atomic mass is 35.5. The van der Waals surface area contributed by atoms with E-state index in [0.717, 1.165) is 18.5 Å². The van der Waals surface area contributed by atoms with Gasteiger partial charge < -0.3 is 10.4 Å². The van der Waals surface area contributed by atoms with Gasteiger partial charge in [0.05, 0.1) is 6.04 Å². The number of benzene rings is 2. The lowest BCUT2D eigenvalue weighted by atomic mass is 9.88. The summed E-state index contributed by atoms with van der Waals surface area (Å²) in [5.74, 6) is -0.477. The summed E-state index contributed by atoms with van der Waals surface area (Å²) in [5, 5.41) is 14.1. The number of aliphatic hydroxyl groups is 1. The van der Waals surface area contributed by atoms with E-state index in [2.05, 4.69) is 5.32 Å². The fourth-order valence-electron chi connectivity index (χ4n) is 2.74. The van der Waals surface area contributed by atoms with Crippen LogP contribution in [0.15, 0.2) is 42.5 Å². The van der Waals surface area contributed by atoms with E-state index in [1.165, 1.54) is 11.6 Å². The van der Waals surface area contributed by atoms with Crippen LogP contribution in [0.5, 0.6) is 0 Å². The Bertz CT molecular complexity index is 632. The Morgan fingerprint density at radius 3 is 2.85 bits per heavy atom. The summed E-state index contributed by atoms with van der Waals surface area (Å²) < 4.78 is 14.0. The van der Waals surface area contributed by atoms with Crippen LogP contribution in [-0.2, 0) is 6.42 Å². The van der Waals surface area contributed by atoms with Gasteiger partial charge in [-0.3, -0.25) is 0 Å². The Labute approximate surface area is 122 Å². The molecule has 2 aromatic rings. The maximum Gasteiger partial charge on any atom is 0.130 e. The molecule has 3 rings (SSSR count). The van der Waals surface area contributed by atoms with E-state index in [1.807, 2.05) is 24.3 Å². The van der Waals surface area contributed by atoms with Crippen LogP contribution in [0.2, 0.25) is 5.02 Å². The van der Waals surface area contributed by atoms with Crippen LogP contribution < -0.4 is 5.32 Å². The predicted octanol–water partition coefficient (Wildman–Crippen LogP) is 3.40. The van der Waals surface area contributed by atoms with E-state index in [1.54, 1.807) is 12.1 Å². The van der Waals surface area contributed by atoms with Crippen molar-refractivity contribution in [3.05, 3.63) is 70.0 Å². The van der Waals surface area contributed by atoms with E-state index in [0.29, 0.717) is 5.02 Å². The third-order valence-corrected chi connectivity index (χ3v) is 3.98. The first kappa shape index (κ1) is 13.6. The molecule has 2 aromatic carbocycles. The zero-order valence-corrected chi connectivity index (χ0v) is 11.6. The van der Waals surface area contributed by atoms with Gasteiger partial charge >= 0.3 is 0 Å². The first-order valence-electron chi connectivity index (χ1n) is 6.61. The molecule has 1 heterocycles. The molecule has 2 N–H and O–H groups in total. The van der Waals surface area contributed by atoms with Crippen LogP contribution in [0.1, 0.15) is 28.8 Å². The van der Waals surface area contributed by atoms with Gasteiger partial charge in [0.15, 0.2) is 0 Å². The molecule has 0 aliphatic carbocycles. The summed E-state index contributed by atoms with van der Waals surface area (Å²) in [6.45, 7) is 0.772. The van der Waals surface area contributed by atoms with Gasteiger partial charge in [0.2, 0.25) is 0 Å². The van der Waals surface area contributed by atoms with Crippen molar-refractivity contribution in [2.75, 3.05) is 6.54 Å². The molecule has 2 nitrogen and oxygen atoms in total. The number of nitrogens with one attached hydrogen (secondary N) is 1. The standard InChI is InChI=1S/C16H15ClFNO/c17-11-5-6-13(14(18)9-11)16(20)15-12-4-2-1-3-10(12)7-8-19-15/h1-6,9,15-16,19-20H,7-8H2. The van der Waals surface area contributed by atoms with Crippen LogP contribution in [0.25, 0.3) is 0 Å². The molecule has 0 saturated heterocycles. The van der Waals surface area contributed by atoms with Crippen molar-refractivity contribution in [3.63, 3.8) is 0 Å². The topological polar surface area (TPSA) is 32.3 Å². The number of rotatable bonds is 2. The number of fused-ring (bicyclic) bond motifs is 1. The molecule has 0 saturated carbocycles. The van der Waals surface area contributed by atoms with Gasteiger partial charge in [-0.25, -0.2) is 4.39 Å². The maximum atomic E-state index is 14.0. The van der Waals surface area contributed by atoms with Crippen LogP contribution in [0.3, 0.4) is 0 Å². The Morgan fingerprint density at radius 1 is 1.25 bits per heavy atom. The third kappa shape index (κ3) is 2.44. The molecule has 0 amide bonds. The van der Waals surface area contributed by atoms with E-state index in [9.17, 15) is 9.50 Å². The minimum absolute atomic E-state index is 0.267. The molecule has 1 aliphatic heterocycles. The second kappa shape index (κ2) is 5.52. The summed E-state index contributed by atoms with van der Waals surface area (Å²) in [6, 6.07) is 12.0. The maximum absolute atomic E-state index is 14.0. The summed E-state index contributed by atoms with van der Waals surface area (Å²) in [4.78, 5) is 0. The summed E-state index contributed by atoms with van der Waals surface area (Å²) in [6.07, 6.45) is -0.0172. The molecule has 0 fully saturated rings. The molecule has 20 heavy (non-hydrogen) atoms. The van der Waals surface area contributed by atoms with Crippen molar-refractivity contribution < 1.29 is 9.50 Å². The monoisotopic (exact) mass is 291 g/mol. The lowest BCUT2D eigenvalue weighted by molar-refractivity contribution is 0.121. The SMILES string of the molecule is OC(c1ccc(Cl)cc1F)C1NCCc2ccccc21. The Hall–Kier alpha value is -1.42. The molecule has 0 aromatic heterocycles. The second-order valence-corrected chi connectivity index (χ2v) is 5.43. The van der Waals surface area contributed by atoms with Crippen LogP contribution in [0.4, 0.5) is 4.39 Å². The second-order valence-electron chi connectivity index (χ2n) is 4.99. The molecule has 0 spiro atoms. The zero-order chi connectivity index (χ0) is 14.1. The Kier molecular flexibility index (Phi) is 3.74. The minimum Gasteiger partial charge on any atom is -0.386 e. The van der Waals surface area contributed by atoms with Crippen molar-refractivity contribution in [1.82, 2.24) is 5.32 Å². The van der Waals surface area contributed by atoms with E-state index < -0.39 is 11.9 Å². The molecule has 2 unspecified atom stereocenters. The first-order valence-corrected chi connectivity index (χ1v) is 6.99. The first-order chi connectivity index (χ1) is 9.66. The largest absolute Gasteiger partial charge is 0.386 e. The van der Waals surface area contributed by atoms with Gasteiger partial charge in [0.1, 0.15) is 11.9 Å². The molecule has 104 valence electrons. The van der Waals surface area contributed by atoms with Crippen LogP contribution in [0, 0.1) is 5.82 Å². The molecule has 1 aliphatic rings. The fourth-order valence-corrected chi connectivity index (χ4v) is 2.90. The molecule has 0 bridgehead atoms. The third-order valence-electron chi connectivity index (χ3n) is 3.75. The van der Waals surface area contributed by atoms with E-state index in [-0.39, 0.29) is 11.6 Å². The number of hydrogen-bond acceptors (Lipinski definition) is 2. The van der Waals surface area contributed by atoms with Gasteiger partial charge in [-0.05, 0) is 36.2 Å². The molecule has 4 heteroatoms. The van der Waals surface area contributed by atoms with Crippen molar-refractivity contribution in [3.8, 4) is 0 Å². The van der Waals surface area contributed by atoms with Crippen molar-refractivity contribution >= 4 is 11.6 Å². The van der Waals surface area contributed by atoms with Gasteiger partial charge in [-0.15, -0.1) is 0 Å². The number of hydrogen-bond donors (Lipinski definition) is 2. The van der Waals surface area contributed by atoms with Gasteiger partial charge in [0, 0.05) is 10.6 Å². The molecule has 0 radical (unpaired) electrons. The lowest BCUT2D eigenvalue weighted by Crippen LogP contribution is -2.34. The van der Waals surface area contributed by atoms with E-state index >= 15 is 0 Å². The molecular weight excluding hydrogens is 277 g/mol. The highest BCUT2D eigenvalue weighted by Gasteiger charge is 2.28. The predicted molar refractivity (Wildman–Crippen MR) is 77.3 cm³/mol. The van der Waals surface area contributed by atoms with Gasteiger partial charge in [0.25, 0.3) is 0 Å². The van der Waals surface area contributed by atoms with Crippen molar-refractivity contribution in [2.45, 2.75) is 18.6 Å². The zero-order valence-electron chi connectivity index (χ0n) is 10.8. The fraction of sp³-hybridized carbons (Fsp3) is 0.250. The summed E-state index contributed by atoms with van der Waals surface area (Å²) in [7, 11) is 0. The quantitative estimate of drug-likeness (QED) is 0.889. The minimum atomic E-state index is -0.936. The lowest BCUT2D eigenvalue weighted by Gasteiger charge is -2.31. The van der Waals surface area contributed by atoms with Crippen LogP contribution >= 0.6 is 11.6 Å². The normalized spacial score (nSPS) is 19.4. The highest BCUT2D eigenvalue weighted by Crippen LogP contribution is 2.34. The number of aliphatic hydroxyl groups excluding tert-OH is 1. The van der Waals surface area contributed by atoms with Crippen LogP contribution in [-0.4, -0.2) is 11.7 Å². The van der Waals surface area contributed by atoms with Gasteiger partial charge in [-0.2, -0.15) is 0 Å². The molecular formula is C16H15ClFNO. The highest BCUT2D eigenvalue weighted by molar-refractivity contribution is 6.30. The van der Waals surface area contributed by atoms with Gasteiger partial charge in [-0.1, -0.05) is 41.9 Å². The summed E-state index contributed by atoms with van der Waals surface area (Å²) in [5.41, 5.74) is 2.49. The Balaban J connectivity index is 1.97. The molecule has 2 atom stereocenters. The van der Waals surface area contributed by atoms with Crippen molar-refractivity contribution in [2.24, 2.45) is 0 Å².